The number of rotatable bonds is 7. The Balaban J connectivity index is 0.00000256. The third kappa shape index (κ3) is 4.57. The summed E-state index contributed by atoms with van der Waals surface area (Å²) in [6.45, 7) is 8.63. The van der Waals surface area contributed by atoms with Gasteiger partial charge in [0, 0.05) is 36.5 Å². The Morgan fingerprint density at radius 1 is 1.27 bits per heavy atom. The molecule has 4 rings (SSSR count). The Bertz CT molecular complexity index is 934. The average Bonchev–Trinajstić information content (AvgIpc) is 3.41. The third-order valence-electron chi connectivity index (χ3n) is 5.51. The van der Waals surface area contributed by atoms with Crippen LogP contribution in [0.3, 0.4) is 0 Å². The van der Waals surface area contributed by atoms with Crippen LogP contribution in [0.25, 0.3) is 5.57 Å². The number of carbonyl (C=O) groups is 2. The molecule has 0 bridgehead atoms. The summed E-state index contributed by atoms with van der Waals surface area (Å²) in [6, 6.07) is 5.80. The second-order valence-electron chi connectivity index (χ2n) is 7.40. The molecule has 0 saturated carbocycles. The van der Waals surface area contributed by atoms with Crippen LogP contribution in [0.1, 0.15) is 31.4 Å². The van der Waals surface area contributed by atoms with Crippen LogP contribution >= 0.6 is 12.4 Å². The molecule has 0 aromatic heterocycles. The second kappa shape index (κ2) is 9.45. The van der Waals surface area contributed by atoms with Crippen LogP contribution < -0.4 is 5.32 Å². The maximum absolute atomic E-state index is 12.5. The third-order valence-corrected chi connectivity index (χ3v) is 5.51. The zero-order valence-electron chi connectivity index (χ0n) is 17.3. The standard InChI is InChI=1S/C22H26N4O3.ClH/c1-3-25(4-2)14-17-7-6-16(23-17)12-19-18-11-15(5-8-20(18)24-21(19)27)13-26-9-10-29-22(26)28;/h5-6,8,11-12H,3-4,7,9-10,13-14H2,1-2H3,(H,24,27);1H. The first kappa shape index (κ1) is 22.1. The monoisotopic (exact) mass is 430 g/mol. The van der Waals surface area contributed by atoms with Crippen molar-refractivity contribution < 1.29 is 14.3 Å². The van der Waals surface area contributed by atoms with E-state index in [-0.39, 0.29) is 24.4 Å². The molecule has 160 valence electrons. The topological polar surface area (TPSA) is 74.2 Å². The first-order valence-electron chi connectivity index (χ1n) is 10.1. The van der Waals surface area contributed by atoms with Gasteiger partial charge in [-0.25, -0.2) is 4.79 Å². The number of anilines is 1. The van der Waals surface area contributed by atoms with Crippen molar-refractivity contribution in [3.05, 3.63) is 47.2 Å². The maximum atomic E-state index is 12.5. The van der Waals surface area contributed by atoms with Gasteiger partial charge in [-0.15, -0.1) is 12.4 Å². The van der Waals surface area contributed by atoms with Crippen molar-refractivity contribution in [3.8, 4) is 0 Å². The number of amides is 2. The fraction of sp³-hybridized carbons (Fsp3) is 0.409. The van der Waals surface area contributed by atoms with Gasteiger partial charge in [-0.05, 0) is 36.9 Å². The van der Waals surface area contributed by atoms with Crippen molar-refractivity contribution >= 4 is 41.4 Å². The second-order valence-corrected chi connectivity index (χ2v) is 7.40. The molecule has 1 N–H and O–H groups in total. The van der Waals surface area contributed by atoms with Gasteiger partial charge in [0.15, 0.2) is 0 Å². The highest BCUT2D eigenvalue weighted by Gasteiger charge is 2.27. The van der Waals surface area contributed by atoms with E-state index < -0.39 is 0 Å². The van der Waals surface area contributed by atoms with Gasteiger partial charge in [0.05, 0.1) is 17.8 Å². The van der Waals surface area contributed by atoms with E-state index >= 15 is 0 Å². The molecule has 0 atom stereocenters. The summed E-state index contributed by atoms with van der Waals surface area (Å²) < 4.78 is 4.99. The van der Waals surface area contributed by atoms with Gasteiger partial charge in [0.25, 0.3) is 5.91 Å². The highest BCUT2D eigenvalue weighted by molar-refractivity contribution is 6.32. The molecule has 2 amide bonds. The molecule has 1 aromatic rings. The summed E-state index contributed by atoms with van der Waals surface area (Å²) in [5.74, 6) is -0.119. The van der Waals surface area contributed by atoms with Gasteiger partial charge < -0.3 is 15.0 Å². The SMILES string of the molecule is CCN(CC)CC1=NC(C=C2C(=O)Nc3ccc(CN4CCOC4=O)cc32)=CC1.Cl. The molecular weight excluding hydrogens is 404 g/mol. The van der Waals surface area contributed by atoms with E-state index in [0.717, 1.165) is 54.3 Å². The molecule has 0 aliphatic carbocycles. The minimum Gasteiger partial charge on any atom is -0.448 e. The lowest BCUT2D eigenvalue weighted by atomic mass is 10.0. The maximum Gasteiger partial charge on any atom is 0.410 e. The molecule has 1 saturated heterocycles. The number of carbonyl (C=O) groups excluding carboxylic acids is 2. The largest absolute Gasteiger partial charge is 0.448 e. The van der Waals surface area contributed by atoms with Gasteiger partial charge in [-0.1, -0.05) is 26.0 Å². The van der Waals surface area contributed by atoms with Crippen LogP contribution in [0.4, 0.5) is 10.5 Å². The van der Waals surface area contributed by atoms with Crippen molar-refractivity contribution in [1.29, 1.82) is 0 Å². The number of benzene rings is 1. The van der Waals surface area contributed by atoms with Crippen LogP contribution in [0.5, 0.6) is 0 Å². The smallest absolute Gasteiger partial charge is 0.410 e. The van der Waals surface area contributed by atoms with E-state index in [1.54, 1.807) is 4.90 Å². The van der Waals surface area contributed by atoms with Crippen molar-refractivity contribution in [2.75, 3.05) is 38.1 Å². The number of ether oxygens (including phenoxy) is 1. The summed E-state index contributed by atoms with van der Waals surface area (Å²) in [5, 5.41) is 2.92. The van der Waals surface area contributed by atoms with Gasteiger partial charge in [0.2, 0.25) is 0 Å². The predicted octanol–water partition coefficient (Wildman–Crippen LogP) is 3.47. The van der Waals surface area contributed by atoms with E-state index in [1.165, 1.54) is 0 Å². The molecule has 0 unspecified atom stereocenters. The Morgan fingerprint density at radius 3 is 2.77 bits per heavy atom. The number of nitrogens with one attached hydrogen (secondary N) is 1. The molecule has 1 fully saturated rings. The van der Waals surface area contributed by atoms with Crippen molar-refractivity contribution in [1.82, 2.24) is 9.80 Å². The first-order chi connectivity index (χ1) is 14.1. The van der Waals surface area contributed by atoms with Gasteiger partial charge in [-0.3, -0.25) is 14.7 Å². The number of hydrogen-bond donors (Lipinski definition) is 1. The fourth-order valence-electron chi connectivity index (χ4n) is 3.81. The average molecular weight is 431 g/mol. The van der Waals surface area contributed by atoms with E-state index in [1.807, 2.05) is 24.3 Å². The zero-order chi connectivity index (χ0) is 20.4. The number of halogens is 1. The Hall–Kier alpha value is -2.64. The summed E-state index contributed by atoms with van der Waals surface area (Å²) in [7, 11) is 0. The number of cyclic esters (lactones) is 1. The number of allylic oxidation sites excluding steroid dienone is 2. The Labute approximate surface area is 182 Å². The summed E-state index contributed by atoms with van der Waals surface area (Å²) in [6.07, 6.45) is 4.47. The zero-order valence-corrected chi connectivity index (χ0v) is 18.1. The molecule has 30 heavy (non-hydrogen) atoms. The van der Waals surface area contributed by atoms with Crippen LogP contribution in [0.15, 0.2) is 41.0 Å². The molecule has 7 nitrogen and oxygen atoms in total. The molecule has 0 radical (unpaired) electrons. The van der Waals surface area contributed by atoms with E-state index in [0.29, 0.717) is 25.3 Å². The normalized spacial score (nSPS) is 18.9. The van der Waals surface area contributed by atoms with Crippen LogP contribution in [-0.2, 0) is 16.1 Å². The summed E-state index contributed by atoms with van der Waals surface area (Å²) in [4.78, 5) is 33.0. The quantitative estimate of drug-likeness (QED) is 0.672. The van der Waals surface area contributed by atoms with E-state index in [2.05, 4.69) is 30.1 Å². The van der Waals surface area contributed by atoms with Gasteiger partial charge >= 0.3 is 6.09 Å². The molecule has 8 heteroatoms. The molecular formula is C22H27ClN4O3. The fourth-order valence-corrected chi connectivity index (χ4v) is 3.81. The highest BCUT2D eigenvalue weighted by atomic mass is 35.5. The van der Waals surface area contributed by atoms with Crippen LogP contribution in [0, 0.1) is 0 Å². The lowest BCUT2D eigenvalue weighted by Gasteiger charge is -2.17. The lowest BCUT2D eigenvalue weighted by molar-refractivity contribution is -0.110. The molecule has 3 aliphatic rings. The molecule has 3 heterocycles. The highest BCUT2D eigenvalue weighted by Crippen LogP contribution is 2.34. The summed E-state index contributed by atoms with van der Waals surface area (Å²) >= 11 is 0. The number of aliphatic imine (C=N–C) groups is 1. The van der Waals surface area contributed by atoms with Crippen molar-refractivity contribution in [2.45, 2.75) is 26.8 Å². The van der Waals surface area contributed by atoms with Crippen molar-refractivity contribution in [3.63, 3.8) is 0 Å². The van der Waals surface area contributed by atoms with E-state index in [9.17, 15) is 9.59 Å². The van der Waals surface area contributed by atoms with Crippen LogP contribution in [-0.4, -0.2) is 60.3 Å². The number of fused-ring (bicyclic) bond motifs is 1. The number of nitrogens with zero attached hydrogens (tertiary/aromatic N) is 3. The van der Waals surface area contributed by atoms with Crippen LogP contribution in [0.2, 0.25) is 0 Å². The number of hydrogen-bond acceptors (Lipinski definition) is 5. The summed E-state index contributed by atoms with van der Waals surface area (Å²) in [5.41, 5.74) is 5.19. The lowest BCUT2D eigenvalue weighted by Crippen LogP contribution is -2.28. The van der Waals surface area contributed by atoms with Gasteiger partial charge in [-0.2, -0.15) is 0 Å². The molecule has 1 aromatic carbocycles. The van der Waals surface area contributed by atoms with E-state index in [4.69, 9.17) is 9.73 Å². The Morgan fingerprint density at radius 2 is 2.07 bits per heavy atom. The van der Waals surface area contributed by atoms with Crippen molar-refractivity contribution in [2.24, 2.45) is 4.99 Å². The molecule has 3 aliphatic heterocycles. The van der Waals surface area contributed by atoms with Gasteiger partial charge in [0.1, 0.15) is 6.61 Å². The Kier molecular flexibility index (Phi) is 6.95. The minimum atomic E-state index is -0.290. The predicted molar refractivity (Wildman–Crippen MR) is 120 cm³/mol. The minimum absolute atomic E-state index is 0. The molecule has 0 spiro atoms. The first-order valence-corrected chi connectivity index (χ1v) is 10.1.